The average Bonchev–Trinajstić information content (AvgIpc) is 3.71. The second kappa shape index (κ2) is 10.1. The van der Waals surface area contributed by atoms with Gasteiger partial charge >= 0.3 is 0 Å². The molecule has 1 aromatic rings. The Bertz CT molecular complexity index is 839. The molecule has 0 bridgehead atoms. The molecule has 31 heavy (non-hydrogen) atoms. The third kappa shape index (κ3) is 6.60. The maximum atomic E-state index is 13.9. The molecule has 0 unspecified atom stereocenters. The molecule has 168 valence electrons. The fourth-order valence-electron chi connectivity index (χ4n) is 3.83. The number of benzene rings is 1. The zero-order chi connectivity index (χ0) is 21.0. The molecule has 2 aliphatic carbocycles. The van der Waals surface area contributed by atoms with E-state index >= 15 is 0 Å². The molecule has 2 saturated carbocycles. The van der Waals surface area contributed by atoms with Crippen molar-refractivity contribution in [2.75, 3.05) is 39.8 Å². The minimum Gasteiger partial charge on any atom is -0.352 e. The lowest BCUT2D eigenvalue weighted by Gasteiger charge is -2.26. The number of rotatable bonds is 8. The van der Waals surface area contributed by atoms with Gasteiger partial charge in [-0.25, -0.2) is 14.4 Å². The van der Waals surface area contributed by atoms with Gasteiger partial charge in [-0.2, -0.15) is 0 Å². The van der Waals surface area contributed by atoms with E-state index in [0.717, 1.165) is 84.6 Å². The molecule has 2 fully saturated rings. The van der Waals surface area contributed by atoms with E-state index in [-0.39, 0.29) is 5.82 Å². The smallest absolute Gasteiger partial charge is 0.159 e. The summed E-state index contributed by atoms with van der Waals surface area (Å²) in [6.07, 6.45) is 5.47. The van der Waals surface area contributed by atoms with Gasteiger partial charge in [0.15, 0.2) is 10.3 Å². The van der Waals surface area contributed by atoms with Crippen molar-refractivity contribution in [3.8, 4) is 0 Å². The molecule has 0 saturated heterocycles. The molecular weight excluding hydrogens is 431 g/mol. The van der Waals surface area contributed by atoms with Crippen molar-refractivity contribution >= 4 is 33.9 Å². The summed E-state index contributed by atoms with van der Waals surface area (Å²) in [4.78, 5) is 14.1. The first kappa shape index (κ1) is 21.6. The van der Waals surface area contributed by atoms with Crippen molar-refractivity contribution in [3.63, 3.8) is 0 Å². The maximum Gasteiger partial charge on any atom is 0.159 e. The van der Waals surface area contributed by atoms with Crippen LogP contribution in [0.4, 0.5) is 4.39 Å². The minimum absolute atomic E-state index is 0.178. The predicted octanol–water partition coefficient (Wildman–Crippen LogP) is 3.46. The first-order valence-electron chi connectivity index (χ1n) is 11.3. The molecule has 0 atom stereocenters. The second-order valence-corrected chi connectivity index (χ2v) is 10.9. The third-order valence-electron chi connectivity index (χ3n) is 6.06. The van der Waals surface area contributed by atoms with E-state index < -0.39 is 0 Å². The molecule has 0 amide bonds. The van der Waals surface area contributed by atoms with Gasteiger partial charge in [0.2, 0.25) is 0 Å². The monoisotopic (exact) mass is 462 g/mol. The van der Waals surface area contributed by atoms with E-state index in [4.69, 9.17) is 0 Å². The molecular formula is C22H31FN6S2. The first-order valence-corrected chi connectivity index (χ1v) is 13.2. The van der Waals surface area contributed by atoms with Crippen molar-refractivity contribution in [2.45, 2.75) is 37.2 Å². The van der Waals surface area contributed by atoms with Crippen LogP contribution in [0.5, 0.6) is 0 Å². The zero-order valence-corrected chi connectivity index (χ0v) is 19.5. The molecule has 0 radical (unpaired) electrons. The standard InChI is InChI=1S/C22H31FN6S2/c23-20-6-5-18(10-30-21-24-12-28(13-25-21)8-16-1-2-16)19(7-20)11-31-22-26-14-29(15-27-22)9-17-3-4-17/h5-7,16-17H,1-4,8-15H2,(H,24,25)(H,26,27). The van der Waals surface area contributed by atoms with E-state index in [1.807, 2.05) is 6.07 Å². The molecule has 9 heteroatoms. The number of hydrogen-bond donors (Lipinski definition) is 2. The van der Waals surface area contributed by atoms with E-state index in [1.54, 1.807) is 35.7 Å². The Kier molecular flexibility index (Phi) is 7.02. The van der Waals surface area contributed by atoms with Crippen LogP contribution in [0.15, 0.2) is 28.2 Å². The minimum atomic E-state index is -0.178. The Balaban J connectivity index is 1.11. The van der Waals surface area contributed by atoms with Crippen LogP contribution < -0.4 is 10.6 Å². The summed E-state index contributed by atoms with van der Waals surface area (Å²) < 4.78 is 13.9. The molecule has 0 spiro atoms. The highest BCUT2D eigenvalue weighted by Gasteiger charge is 2.26. The summed E-state index contributed by atoms with van der Waals surface area (Å²) in [6.45, 7) is 5.58. The summed E-state index contributed by atoms with van der Waals surface area (Å²) in [5.74, 6) is 3.09. The summed E-state index contributed by atoms with van der Waals surface area (Å²) in [6, 6.07) is 5.14. The molecule has 2 aliphatic heterocycles. The number of aliphatic imine (C=N–C) groups is 2. The molecule has 5 rings (SSSR count). The Labute approximate surface area is 192 Å². The summed E-state index contributed by atoms with van der Waals surface area (Å²) in [7, 11) is 0. The van der Waals surface area contributed by atoms with Gasteiger partial charge in [0.1, 0.15) is 5.82 Å². The Hall–Kier alpha value is -1.29. The lowest BCUT2D eigenvalue weighted by molar-refractivity contribution is 0.256. The van der Waals surface area contributed by atoms with Gasteiger partial charge in [-0.15, -0.1) is 0 Å². The third-order valence-corrected chi connectivity index (χ3v) is 8.06. The highest BCUT2D eigenvalue weighted by Crippen LogP contribution is 2.31. The molecule has 2 heterocycles. The summed E-state index contributed by atoms with van der Waals surface area (Å²) in [5, 5.41) is 8.81. The number of nitrogens with one attached hydrogen (secondary N) is 2. The molecule has 4 aliphatic rings. The van der Waals surface area contributed by atoms with Crippen LogP contribution in [-0.2, 0) is 11.5 Å². The van der Waals surface area contributed by atoms with E-state index in [2.05, 4.69) is 30.4 Å². The summed E-state index contributed by atoms with van der Waals surface area (Å²) >= 11 is 3.38. The first-order chi connectivity index (χ1) is 15.2. The molecule has 2 N–H and O–H groups in total. The Morgan fingerprint density at radius 3 is 1.87 bits per heavy atom. The number of amidine groups is 2. The maximum absolute atomic E-state index is 13.9. The van der Waals surface area contributed by atoms with Crippen molar-refractivity contribution in [1.29, 1.82) is 0 Å². The molecule has 0 aromatic heterocycles. The highest BCUT2D eigenvalue weighted by atomic mass is 32.2. The normalized spacial score (nSPS) is 22.5. The SMILES string of the molecule is Fc1ccc(CSC2=NCN(CC3CC3)CN2)c(CSC2=NCN(CC3CC3)CN2)c1. The van der Waals surface area contributed by atoms with Crippen LogP contribution in [0.1, 0.15) is 36.8 Å². The largest absolute Gasteiger partial charge is 0.352 e. The topological polar surface area (TPSA) is 55.3 Å². The van der Waals surface area contributed by atoms with Gasteiger partial charge in [0.25, 0.3) is 0 Å². The van der Waals surface area contributed by atoms with Gasteiger partial charge in [-0.3, -0.25) is 9.80 Å². The zero-order valence-electron chi connectivity index (χ0n) is 17.9. The fraction of sp³-hybridized carbons (Fsp3) is 0.636. The van der Waals surface area contributed by atoms with Gasteiger partial charge in [-0.05, 0) is 60.8 Å². The Morgan fingerprint density at radius 2 is 1.39 bits per heavy atom. The lowest BCUT2D eigenvalue weighted by atomic mass is 10.1. The van der Waals surface area contributed by atoms with E-state index in [0.29, 0.717) is 0 Å². The van der Waals surface area contributed by atoms with E-state index in [1.165, 1.54) is 25.7 Å². The van der Waals surface area contributed by atoms with Crippen molar-refractivity contribution in [1.82, 2.24) is 20.4 Å². The Morgan fingerprint density at radius 1 is 0.839 bits per heavy atom. The molecule has 1 aromatic carbocycles. The van der Waals surface area contributed by atoms with Crippen molar-refractivity contribution in [3.05, 3.63) is 35.1 Å². The van der Waals surface area contributed by atoms with E-state index in [9.17, 15) is 4.39 Å². The van der Waals surface area contributed by atoms with Crippen LogP contribution in [0, 0.1) is 17.7 Å². The van der Waals surface area contributed by atoms with Gasteiger partial charge in [-0.1, -0.05) is 29.6 Å². The van der Waals surface area contributed by atoms with Crippen LogP contribution in [0.2, 0.25) is 0 Å². The van der Waals surface area contributed by atoms with Gasteiger partial charge < -0.3 is 10.6 Å². The van der Waals surface area contributed by atoms with Crippen LogP contribution in [0.3, 0.4) is 0 Å². The quantitative estimate of drug-likeness (QED) is 0.617. The molecule has 6 nitrogen and oxygen atoms in total. The number of thioether (sulfide) groups is 2. The fourth-order valence-corrected chi connectivity index (χ4v) is 5.60. The number of nitrogens with zero attached hydrogens (tertiary/aromatic N) is 4. The van der Waals surface area contributed by atoms with Crippen LogP contribution in [0.25, 0.3) is 0 Å². The van der Waals surface area contributed by atoms with Gasteiger partial charge in [0, 0.05) is 24.6 Å². The summed E-state index contributed by atoms with van der Waals surface area (Å²) in [5.41, 5.74) is 2.20. The van der Waals surface area contributed by atoms with Crippen molar-refractivity contribution < 1.29 is 4.39 Å². The predicted molar refractivity (Wildman–Crippen MR) is 128 cm³/mol. The second-order valence-electron chi connectivity index (χ2n) is 8.96. The highest BCUT2D eigenvalue weighted by molar-refractivity contribution is 8.13. The van der Waals surface area contributed by atoms with Crippen LogP contribution >= 0.6 is 23.5 Å². The van der Waals surface area contributed by atoms with Gasteiger partial charge in [0.05, 0.1) is 26.7 Å². The van der Waals surface area contributed by atoms with Crippen LogP contribution in [-0.4, -0.2) is 59.9 Å². The average molecular weight is 463 g/mol. The lowest BCUT2D eigenvalue weighted by Crippen LogP contribution is -2.42. The number of halogens is 1. The number of hydrogen-bond acceptors (Lipinski definition) is 8. The van der Waals surface area contributed by atoms with Crippen molar-refractivity contribution in [2.24, 2.45) is 21.8 Å².